The Hall–Kier alpha value is -1.83. The number of carbonyl (C=O) groups is 3. The van der Waals surface area contributed by atoms with Gasteiger partial charge in [-0.05, 0) is 47.5 Å². The molecule has 2 saturated heterocycles. The Morgan fingerprint density at radius 1 is 1.36 bits per heavy atom. The number of carboxylic acid groups (broad SMARTS) is 1. The number of aliphatic hydroxyl groups is 1. The molecule has 8 nitrogen and oxygen atoms in total. The fourth-order valence-electron chi connectivity index (χ4n) is 4.04. The second-order valence-corrected chi connectivity index (χ2v) is 8.02. The zero-order valence-electron chi connectivity index (χ0n) is 15.5. The summed E-state index contributed by atoms with van der Waals surface area (Å²) in [4.78, 5) is 39.6. The van der Waals surface area contributed by atoms with Gasteiger partial charge in [0.25, 0.3) is 0 Å². The van der Waals surface area contributed by atoms with Gasteiger partial charge in [-0.3, -0.25) is 9.69 Å². The second-order valence-electron chi connectivity index (χ2n) is 8.02. The molecule has 2 amide bonds. The number of hydrogen-bond acceptors (Lipinski definition) is 5. The Morgan fingerprint density at radius 2 is 1.96 bits per heavy atom. The fraction of sp³-hybridized carbons (Fsp3) is 0.824. The third kappa shape index (κ3) is 3.44. The van der Waals surface area contributed by atoms with Gasteiger partial charge in [0, 0.05) is 6.54 Å². The van der Waals surface area contributed by atoms with Crippen molar-refractivity contribution in [2.45, 2.75) is 83.2 Å². The van der Waals surface area contributed by atoms with Crippen LogP contribution < -0.4 is 0 Å². The zero-order chi connectivity index (χ0) is 19.2. The molecule has 0 aromatic carbocycles. The molecule has 2 unspecified atom stereocenters. The average molecular weight is 356 g/mol. The Kier molecular flexibility index (Phi) is 5.05. The molecule has 2 fully saturated rings. The van der Waals surface area contributed by atoms with Gasteiger partial charge in [-0.2, -0.15) is 0 Å². The molecule has 2 aliphatic heterocycles. The Balaban J connectivity index is 2.33. The highest BCUT2D eigenvalue weighted by molar-refractivity contribution is 5.88. The predicted octanol–water partition coefficient (Wildman–Crippen LogP) is 1.21. The second kappa shape index (κ2) is 6.48. The lowest BCUT2D eigenvalue weighted by Gasteiger charge is -2.41. The molecule has 1 spiro atoms. The molecule has 8 heteroatoms. The minimum atomic E-state index is -1.33. The lowest BCUT2D eigenvalue weighted by Crippen LogP contribution is -2.59. The quantitative estimate of drug-likeness (QED) is 0.787. The highest BCUT2D eigenvalue weighted by Gasteiger charge is 2.59. The van der Waals surface area contributed by atoms with Crippen molar-refractivity contribution in [3.05, 3.63) is 0 Å². The maximum atomic E-state index is 12.6. The Morgan fingerprint density at radius 3 is 2.44 bits per heavy atom. The van der Waals surface area contributed by atoms with Crippen LogP contribution in [-0.2, 0) is 14.3 Å². The van der Waals surface area contributed by atoms with Gasteiger partial charge in [0.15, 0.2) is 6.04 Å². The molecule has 0 radical (unpaired) electrons. The molecule has 2 rings (SSSR count). The van der Waals surface area contributed by atoms with E-state index in [-0.39, 0.29) is 12.3 Å². The van der Waals surface area contributed by atoms with E-state index < -0.39 is 41.4 Å². The van der Waals surface area contributed by atoms with Crippen molar-refractivity contribution in [2.24, 2.45) is 0 Å². The van der Waals surface area contributed by atoms with Gasteiger partial charge >= 0.3 is 12.1 Å². The van der Waals surface area contributed by atoms with Crippen molar-refractivity contribution in [1.29, 1.82) is 0 Å². The summed E-state index contributed by atoms with van der Waals surface area (Å²) in [5.74, 6) is -1.62. The largest absolute Gasteiger partial charge is 0.480 e. The van der Waals surface area contributed by atoms with Crippen molar-refractivity contribution in [3.8, 4) is 0 Å². The SMILES string of the molecule is CC1N([C@H](C(=O)O)[C@@H](C)O)C(=O)CC12CCCN2C(=O)OC(C)(C)C. The topological polar surface area (TPSA) is 107 Å². The molecule has 2 aliphatic rings. The number of hydrogen-bond donors (Lipinski definition) is 2. The molecular formula is C17H28N2O6. The third-order valence-electron chi connectivity index (χ3n) is 5.09. The molecule has 25 heavy (non-hydrogen) atoms. The van der Waals surface area contributed by atoms with Crippen LogP contribution in [0.25, 0.3) is 0 Å². The summed E-state index contributed by atoms with van der Waals surface area (Å²) in [7, 11) is 0. The number of aliphatic carboxylic acids is 1. The summed E-state index contributed by atoms with van der Waals surface area (Å²) in [6.45, 7) is 8.88. The van der Waals surface area contributed by atoms with Crippen molar-refractivity contribution >= 4 is 18.0 Å². The molecule has 0 saturated carbocycles. The minimum Gasteiger partial charge on any atom is -0.480 e. The molecule has 0 aliphatic carbocycles. The van der Waals surface area contributed by atoms with E-state index >= 15 is 0 Å². The first-order valence-electron chi connectivity index (χ1n) is 8.63. The molecule has 2 heterocycles. The smallest absolute Gasteiger partial charge is 0.410 e. The van der Waals surface area contributed by atoms with Gasteiger partial charge in [-0.25, -0.2) is 9.59 Å². The van der Waals surface area contributed by atoms with Crippen molar-refractivity contribution < 1.29 is 29.3 Å². The fourth-order valence-corrected chi connectivity index (χ4v) is 4.04. The van der Waals surface area contributed by atoms with E-state index in [4.69, 9.17) is 4.74 Å². The van der Waals surface area contributed by atoms with Crippen LogP contribution in [0.3, 0.4) is 0 Å². The van der Waals surface area contributed by atoms with E-state index in [1.807, 2.05) is 0 Å². The average Bonchev–Trinajstić information content (AvgIpc) is 2.94. The lowest BCUT2D eigenvalue weighted by atomic mass is 9.88. The number of likely N-dealkylation sites (tertiary alicyclic amines) is 2. The monoisotopic (exact) mass is 356 g/mol. The molecule has 0 aromatic rings. The Labute approximate surface area is 147 Å². The van der Waals surface area contributed by atoms with E-state index in [1.165, 1.54) is 11.8 Å². The van der Waals surface area contributed by atoms with Crippen LogP contribution in [0.2, 0.25) is 0 Å². The highest BCUT2D eigenvalue weighted by Crippen LogP contribution is 2.44. The van der Waals surface area contributed by atoms with Crippen LogP contribution in [0.1, 0.15) is 53.9 Å². The van der Waals surface area contributed by atoms with E-state index in [9.17, 15) is 24.6 Å². The first-order chi connectivity index (χ1) is 11.4. The number of amides is 2. The first-order valence-corrected chi connectivity index (χ1v) is 8.63. The van der Waals surface area contributed by atoms with E-state index in [0.717, 1.165) is 6.42 Å². The van der Waals surface area contributed by atoms with Crippen LogP contribution in [0, 0.1) is 0 Å². The highest BCUT2D eigenvalue weighted by atomic mass is 16.6. The predicted molar refractivity (Wildman–Crippen MR) is 88.9 cm³/mol. The van der Waals surface area contributed by atoms with E-state index in [0.29, 0.717) is 13.0 Å². The third-order valence-corrected chi connectivity index (χ3v) is 5.09. The van der Waals surface area contributed by atoms with Crippen LogP contribution in [0.5, 0.6) is 0 Å². The number of rotatable bonds is 3. The van der Waals surface area contributed by atoms with E-state index in [1.54, 1.807) is 32.6 Å². The molecule has 0 aromatic heterocycles. The first kappa shape index (κ1) is 19.5. The van der Waals surface area contributed by atoms with Gasteiger partial charge in [0.2, 0.25) is 5.91 Å². The van der Waals surface area contributed by atoms with Crippen LogP contribution in [0.15, 0.2) is 0 Å². The molecular weight excluding hydrogens is 328 g/mol. The normalized spacial score (nSPS) is 29.2. The molecule has 142 valence electrons. The lowest BCUT2D eigenvalue weighted by molar-refractivity contribution is -0.154. The van der Waals surface area contributed by atoms with Crippen LogP contribution >= 0.6 is 0 Å². The van der Waals surface area contributed by atoms with E-state index in [2.05, 4.69) is 0 Å². The number of carbonyl (C=O) groups excluding carboxylic acids is 2. The number of ether oxygens (including phenoxy) is 1. The molecule has 4 atom stereocenters. The van der Waals surface area contributed by atoms with Gasteiger partial charge in [0.1, 0.15) is 5.60 Å². The van der Waals surface area contributed by atoms with Crippen LogP contribution in [0.4, 0.5) is 4.79 Å². The number of aliphatic hydroxyl groups excluding tert-OH is 1. The summed E-state index contributed by atoms with van der Waals surface area (Å²) in [6.07, 6.45) is -0.339. The molecule has 2 N–H and O–H groups in total. The Bertz CT molecular complexity index is 570. The van der Waals surface area contributed by atoms with Gasteiger partial charge in [-0.1, -0.05) is 0 Å². The van der Waals surface area contributed by atoms with Gasteiger partial charge in [-0.15, -0.1) is 0 Å². The standard InChI is InChI=1S/C17H28N2O6/c1-10(20)13(14(22)23)19-11(2)17(9-12(19)21)7-6-8-18(17)15(24)25-16(3,4)5/h10-11,13,20H,6-9H2,1-5H3,(H,22,23)/t10-,11?,13+,17?/m1/s1. The summed E-state index contributed by atoms with van der Waals surface area (Å²) in [6, 6.07) is -1.85. The zero-order valence-corrected chi connectivity index (χ0v) is 15.5. The number of carboxylic acids is 1. The van der Waals surface area contributed by atoms with Crippen LogP contribution in [-0.4, -0.2) is 73.9 Å². The van der Waals surface area contributed by atoms with Crippen molar-refractivity contribution in [2.75, 3.05) is 6.54 Å². The maximum Gasteiger partial charge on any atom is 0.410 e. The van der Waals surface area contributed by atoms with Crippen molar-refractivity contribution in [1.82, 2.24) is 9.80 Å². The van der Waals surface area contributed by atoms with Gasteiger partial charge < -0.3 is 19.8 Å². The summed E-state index contributed by atoms with van der Waals surface area (Å²) >= 11 is 0. The summed E-state index contributed by atoms with van der Waals surface area (Å²) < 4.78 is 5.47. The van der Waals surface area contributed by atoms with Crippen molar-refractivity contribution in [3.63, 3.8) is 0 Å². The summed E-state index contributed by atoms with van der Waals surface area (Å²) in [5, 5.41) is 19.3. The minimum absolute atomic E-state index is 0.0455. The number of nitrogens with zero attached hydrogens (tertiary/aromatic N) is 2. The maximum absolute atomic E-state index is 12.6. The van der Waals surface area contributed by atoms with Gasteiger partial charge in [0.05, 0.1) is 24.1 Å². The summed E-state index contributed by atoms with van der Waals surface area (Å²) in [5.41, 5.74) is -1.45. The molecule has 0 bridgehead atoms.